The Kier molecular flexibility index (Phi) is 4.52. The van der Waals surface area contributed by atoms with E-state index in [-0.39, 0.29) is 6.10 Å². The summed E-state index contributed by atoms with van der Waals surface area (Å²) in [7, 11) is 0. The van der Waals surface area contributed by atoms with Crippen LogP contribution in [-0.2, 0) is 11.2 Å². The number of aryl methyl sites for hydroxylation is 1. The summed E-state index contributed by atoms with van der Waals surface area (Å²) in [6.45, 7) is 5.15. The first kappa shape index (κ1) is 18.4. The summed E-state index contributed by atoms with van der Waals surface area (Å²) in [6.07, 6.45) is 0.907. The van der Waals surface area contributed by atoms with Crippen molar-refractivity contribution in [3.05, 3.63) is 35.4 Å². The molecule has 0 bridgehead atoms. The molecule has 28 heavy (non-hydrogen) atoms. The average molecular weight is 382 g/mol. The van der Waals surface area contributed by atoms with Crippen molar-refractivity contribution in [2.75, 3.05) is 6.61 Å². The van der Waals surface area contributed by atoms with Gasteiger partial charge in [0, 0.05) is 16.3 Å². The fourth-order valence-electron chi connectivity index (χ4n) is 3.57. The number of hydrogen-bond acceptors (Lipinski definition) is 6. The van der Waals surface area contributed by atoms with Gasteiger partial charge in [-0.1, -0.05) is 6.92 Å². The van der Waals surface area contributed by atoms with E-state index in [1.807, 2.05) is 19.1 Å². The van der Waals surface area contributed by atoms with E-state index in [0.29, 0.717) is 23.5 Å². The van der Waals surface area contributed by atoms with Gasteiger partial charge in [0.15, 0.2) is 5.69 Å². The Morgan fingerprint density at radius 3 is 2.68 bits per heavy atom. The fourth-order valence-corrected chi connectivity index (χ4v) is 3.57. The molecule has 0 amide bonds. The number of aromatic amines is 2. The number of nitrogens with one attached hydrogen (secondary N) is 2. The van der Waals surface area contributed by atoms with Crippen molar-refractivity contribution in [2.45, 2.75) is 39.4 Å². The van der Waals surface area contributed by atoms with Crippen molar-refractivity contribution >= 4 is 38.8 Å². The average Bonchev–Trinajstić information content (AvgIpc) is 3.26. The van der Waals surface area contributed by atoms with E-state index in [2.05, 4.69) is 19.9 Å². The van der Waals surface area contributed by atoms with Gasteiger partial charge in [0.25, 0.3) is 0 Å². The molecule has 4 N–H and O–H groups in total. The molecule has 3 heterocycles. The molecule has 0 spiro atoms. The van der Waals surface area contributed by atoms with E-state index in [1.54, 1.807) is 20.0 Å². The van der Waals surface area contributed by atoms with Crippen molar-refractivity contribution in [1.82, 2.24) is 19.9 Å². The molecular weight excluding hydrogens is 360 g/mol. The maximum Gasteiger partial charge on any atom is 0.357 e. The Labute approximate surface area is 160 Å². The Morgan fingerprint density at radius 1 is 1.21 bits per heavy atom. The fraction of sp³-hybridized carbons (Fsp3) is 0.350. The second kappa shape index (κ2) is 6.88. The lowest BCUT2D eigenvalue weighted by Gasteiger charge is -2.11. The number of rotatable bonds is 5. The largest absolute Gasteiger partial charge is 0.458 e. The Bertz CT molecular complexity index is 1190. The third-order valence-electron chi connectivity index (χ3n) is 4.75. The maximum atomic E-state index is 12.6. The highest BCUT2D eigenvalue weighted by Crippen LogP contribution is 2.35. The number of esters is 1. The molecule has 4 rings (SSSR count). The number of fused-ring (bicyclic) bond motifs is 5. The van der Waals surface area contributed by atoms with Crippen LogP contribution in [-0.4, -0.2) is 48.8 Å². The third-order valence-corrected chi connectivity index (χ3v) is 4.75. The number of carbonyl (C=O) groups excluding carboxylic acids is 1. The Morgan fingerprint density at radius 2 is 2.00 bits per heavy atom. The molecule has 0 fully saturated rings. The molecule has 0 saturated heterocycles. The number of hydrogen-bond donors (Lipinski definition) is 4. The molecular formula is C20H22N4O4. The molecule has 0 aliphatic heterocycles. The third kappa shape index (κ3) is 2.81. The van der Waals surface area contributed by atoms with Crippen LogP contribution >= 0.6 is 0 Å². The van der Waals surface area contributed by atoms with E-state index >= 15 is 0 Å². The molecule has 146 valence electrons. The molecule has 0 aliphatic rings. The normalized spacial score (nSPS) is 13.1. The molecule has 1 atom stereocenters. The Hall–Kier alpha value is -2.97. The van der Waals surface area contributed by atoms with Crippen LogP contribution in [0.3, 0.4) is 0 Å². The van der Waals surface area contributed by atoms with Gasteiger partial charge in [-0.05, 0) is 38.0 Å². The number of benzene rings is 1. The van der Waals surface area contributed by atoms with Gasteiger partial charge >= 0.3 is 5.97 Å². The monoisotopic (exact) mass is 382 g/mol. The lowest BCUT2D eigenvalue weighted by atomic mass is 10.0. The summed E-state index contributed by atoms with van der Waals surface area (Å²) in [5.41, 5.74) is 4.16. The number of ether oxygens (including phenoxy) is 1. The predicted molar refractivity (Wildman–Crippen MR) is 105 cm³/mol. The summed E-state index contributed by atoms with van der Waals surface area (Å²) in [6, 6.07) is 3.74. The smallest absolute Gasteiger partial charge is 0.357 e. The summed E-state index contributed by atoms with van der Waals surface area (Å²) < 4.78 is 5.36. The number of H-pyrrole nitrogens is 2. The molecule has 1 aromatic carbocycles. The van der Waals surface area contributed by atoms with Crippen molar-refractivity contribution in [3.8, 4) is 0 Å². The zero-order valence-electron chi connectivity index (χ0n) is 15.9. The molecule has 0 saturated carbocycles. The van der Waals surface area contributed by atoms with E-state index in [1.165, 1.54) is 0 Å². The first-order valence-corrected chi connectivity index (χ1v) is 9.26. The van der Waals surface area contributed by atoms with Crippen molar-refractivity contribution < 1.29 is 19.7 Å². The molecule has 8 nitrogen and oxygen atoms in total. The molecule has 0 aliphatic carbocycles. The number of imidazole rings is 1. The second-order valence-corrected chi connectivity index (χ2v) is 7.01. The number of aliphatic hydroxyl groups is 2. The molecule has 4 aromatic rings. The summed E-state index contributed by atoms with van der Waals surface area (Å²) in [4.78, 5) is 27.7. The molecule has 1 unspecified atom stereocenters. The van der Waals surface area contributed by atoms with E-state index < -0.39 is 18.7 Å². The summed E-state index contributed by atoms with van der Waals surface area (Å²) in [5, 5.41) is 20.9. The van der Waals surface area contributed by atoms with Gasteiger partial charge in [-0.3, -0.25) is 0 Å². The quantitative estimate of drug-likeness (QED) is 0.394. The van der Waals surface area contributed by atoms with Crippen LogP contribution in [0.5, 0.6) is 0 Å². The number of nitrogens with zero attached hydrogens (tertiary/aromatic N) is 2. The van der Waals surface area contributed by atoms with Crippen LogP contribution in [0.4, 0.5) is 0 Å². The number of pyridine rings is 1. The van der Waals surface area contributed by atoms with Crippen LogP contribution in [0.2, 0.25) is 0 Å². The van der Waals surface area contributed by atoms with Crippen molar-refractivity contribution in [3.63, 3.8) is 0 Å². The van der Waals surface area contributed by atoms with Crippen LogP contribution in [0.1, 0.15) is 48.8 Å². The molecule has 3 aromatic heterocycles. The van der Waals surface area contributed by atoms with Crippen molar-refractivity contribution in [1.29, 1.82) is 0 Å². The minimum atomic E-state index is -1.09. The van der Waals surface area contributed by atoms with Gasteiger partial charge in [0.05, 0.1) is 35.5 Å². The summed E-state index contributed by atoms with van der Waals surface area (Å²) >= 11 is 0. The first-order valence-electron chi connectivity index (χ1n) is 9.26. The van der Waals surface area contributed by atoms with E-state index in [4.69, 9.17) is 4.74 Å². The number of aliphatic hydroxyl groups excluding tert-OH is 2. The predicted octanol–water partition coefficient (Wildman–Crippen LogP) is 2.75. The van der Waals surface area contributed by atoms with Crippen molar-refractivity contribution in [2.24, 2.45) is 0 Å². The zero-order valence-corrected chi connectivity index (χ0v) is 15.9. The standard InChI is InChI=1S/C20H22N4O4/c1-4-10-15-13(7-21-17(10)20(27)28-9(2)3)22-11-5-6-12-18(16(11)15)24-19(23-12)14(26)8-25/h5-7,9,14,22,25-26H,4,8H2,1-3H3,(H,23,24). The topological polar surface area (TPSA) is 124 Å². The van der Waals surface area contributed by atoms with Gasteiger partial charge in [0.1, 0.15) is 11.9 Å². The Balaban J connectivity index is 2.04. The van der Waals surface area contributed by atoms with Crippen LogP contribution < -0.4 is 0 Å². The molecule has 8 heteroatoms. The van der Waals surface area contributed by atoms with Gasteiger partial charge in [-0.25, -0.2) is 14.8 Å². The minimum Gasteiger partial charge on any atom is -0.458 e. The van der Waals surface area contributed by atoms with Gasteiger partial charge < -0.3 is 24.9 Å². The van der Waals surface area contributed by atoms with Gasteiger partial charge in [0.2, 0.25) is 0 Å². The first-order chi connectivity index (χ1) is 13.4. The highest BCUT2D eigenvalue weighted by atomic mass is 16.5. The van der Waals surface area contributed by atoms with Gasteiger partial charge in [-0.15, -0.1) is 0 Å². The van der Waals surface area contributed by atoms with E-state index in [9.17, 15) is 15.0 Å². The van der Waals surface area contributed by atoms with Crippen LogP contribution in [0.25, 0.3) is 32.8 Å². The summed E-state index contributed by atoms with van der Waals surface area (Å²) in [5.74, 6) is -0.151. The highest BCUT2D eigenvalue weighted by Gasteiger charge is 2.22. The number of aromatic nitrogens is 4. The van der Waals surface area contributed by atoms with E-state index in [0.717, 1.165) is 32.9 Å². The van der Waals surface area contributed by atoms with Gasteiger partial charge in [-0.2, -0.15) is 0 Å². The second-order valence-electron chi connectivity index (χ2n) is 7.01. The number of carbonyl (C=O) groups is 1. The van der Waals surface area contributed by atoms with Crippen LogP contribution in [0, 0.1) is 0 Å². The molecule has 0 radical (unpaired) electrons. The SMILES string of the molecule is CCc1c(C(=O)OC(C)C)ncc2[nH]c3ccc4nc(C(O)CO)[nH]c4c3c12. The zero-order chi connectivity index (χ0) is 20.0. The lowest BCUT2D eigenvalue weighted by molar-refractivity contribution is 0.0370. The lowest BCUT2D eigenvalue weighted by Crippen LogP contribution is -2.15. The minimum absolute atomic E-state index is 0.237. The highest BCUT2D eigenvalue weighted by molar-refractivity contribution is 6.20. The maximum absolute atomic E-state index is 12.6. The van der Waals surface area contributed by atoms with Crippen LogP contribution in [0.15, 0.2) is 18.3 Å².